The lowest BCUT2D eigenvalue weighted by molar-refractivity contribution is 0.162. The van der Waals surface area contributed by atoms with Crippen LogP contribution in [0.2, 0.25) is 0 Å². The lowest BCUT2D eigenvalue weighted by Gasteiger charge is -1.99. The van der Waals surface area contributed by atoms with Gasteiger partial charge in [-0.2, -0.15) is 0 Å². The van der Waals surface area contributed by atoms with E-state index in [1.54, 1.807) is 24.5 Å². The summed E-state index contributed by atoms with van der Waals surface area (Å²) in [4.78, 5) is 10.9. The standard InChI is InChI=1S/C8H7NO2/c1-2-7-11-8(10)9-5-3-4-6-9/h1,3-6H,7H2. The molecule has 0 amide bonds. The summed E-state index contributed by atoms with van der Waals surface area (Å²) in [5.74, 6) is 2.20. The Bertz CT molecular complexity index is 269. The van der Waals surface area contributed by atoms with Gasteiger partial charge in [-0.05, 0) is 12.1 Å². The molecule has 0 aliphatic rings. The van der Waals surface area contributed by atoms with Crippen LogP contribution in [0.25, 0.3) is 0 Å². The first-order valence-corrected chi connectivity index (χ1v) is 3.08. The first kappa shape index (κ1) is 7.42. The number of ether oxygens (including phenoxy) is 1. The van der Waals surface area contributed by atoms with Crippen molar-refractivity contribution < 1.29 is 9.53 Å². The molecule has 0 radical (unpaired) electrons. The van der Waals surface area contributed by atoms with Crippen molar-refractivity contribution in [3.8, 4) is 12.3 Å². The molecule has 1 aromatic rings. The Morgan fingerprint density at radius 1 is 1.55 bits per heavy atom. The van der Waals surface area contributed by atoms with Gasteiger partial charge in [0.25, 0.3) is 0 Å². The minimum Gasteiger partial charge on any atom is -0.436 e. The van der Waals surface area contributed by atoms with Crippen molar-refractivity contribution in [3.05, 3.63) is 24.5 Å². The van der Waals surface area contributed by atoms with Crippen LogP contribution >= 0.6 is 0 Å². The van der Waals surface area contributed by atoms with E-state index in [1.165, 1.54) is 4.57 Å². The van der Waals surface area contributed by atoms with Crippen LogP contribution < -0.4 is 0 Å². The summed E-state index contributed by atoms with van der Waals surface area (Å²) in [7, 11) is 0. The Labute approximate surface area is 64.6 Å². The predicted octanol–water partition coefficient (Wildman–Crippen LogP) is 1.11. The van der Waals surface area contributed by atoms with Gasteiger partial charge >= 0.3 is 6.09 Å². The molecule has 0 fully saturated rings. The maximum Gasteiger partial charge on any atom is 0.418 e. The zero-order chi connectivity index (χ0) is 8.10. The second kappa shape index (κ2) is 3.47. The van der Waals surface area contributed by atoms with Crippen molar-refractivity contribution in [2.45, 2.75) is 0 Å². The second-order valence-electron chi connectivity index (χ2n) is 1.85. The summed E-state index contributed by atoms with van der Waals surface area (Å²) in [5, 5.41) is 0. The number of terminal acetylenes is 1. The molecule has 0 saturated carbocycles. The van der Waals surface area contributed by atoms with Gasteiger partial charge in [0.1, 0.15) is 0 Å². The molecule has 1 heterocycles. The molecule has 11 heavy (non-hydrogen) atoms. The van der Waals surface area contributed by atoms with E-state index < -0.39 is 6.09 Å². The molecular weight excluding hydrogens is 142 g/mol. The molecule has 0 aliphatic carbocycles. The van der Waals surface area contributed by atoms with Gasteiger partial charge in [-0.25, -0.2) is 4.79 Å². The Balaban J connectivity index is 2.51. The summed E-state index contributed by atoms with van der Waals surface area (Å²) >= 11 is 0. The second-order valence-corrected chi connectivity index (χ2v) is 1.85. The van der Waals surface area contributed by atoms with Crippen molar-refractivity contribution >= 4 is 6.09 Å². The van der Waals surface area contributed by atoms with Crippen LogP contribution in [0, 0.1) is 12.3 Å². The molecule has 0 spiro atoms. The number of carbonyl (C=O) groups is 1. The molecular formula is C8H7NO2. The SMILES string of the molecule is C#CCOC(=O)n1cccc1. The fourth-order valence-corrected chi connectivity index (χ4v) is 0.634. The quantitative estimate of drug-likeness (QED) is 0.560. The van der Waals surface area contributed by atoms with Gasteiger partial charge in [0.05, 0.1) is 0 Å². The third-order valence-corrected chi connectivity index (χ3v) is 1.09. The molecule has 3 heteroatoms. The zero-order valence-corrected chi connectivity index (χ0v) is 5.86. The van der Waals surface area contributed by atoms with Gasteiger partial charge in [0, 0.05) is 12.4 Å². The monoisotopic (exact) mass is 149 g/mol. The van der Waals surface area contributed by atoms with Crippen molar-refractivity contribution in [1.82, 2.24) is 4.57 Å². The first-order chi connectivity index (χ1) is 5.34. The van der Waals surface area contributed by atoms with Crippen LogP contribution in [0.5, 0.6) is 0 Å². The van der Waals surface area contributed by atoms with Crippen molar-refractivity contribution in [2.24, 2.45) is 0 Å². The first-order valence-electron chi connectivity index (χ1n) is 3.08. The van der Waals surface area contributed by atoms with E-state index in [0.29, 0.717) is 0 Å². The van der Waals surface area contributed by atoms with Crippen LogP contribution in [-0.2, 0) is 4.74 Å². The molecule has 0 aromatic carbocycles. The molecule has 1 rings (SSSR count). The summed E-state index contributed by atoms with van der Waals surface area (Å²) in [6, 6.07) is 3.47. The topological polar surface area (TPSA) is 31.2 Å². The number of rotatable bonds is 1. The molecule has 1 aromatic heterocycles. The van der Waals surface area contributed by atoms with Gasteiger partial charge < -0.3 is 4.74 Å². The maximum absolute atomic E-state index is 10.9. The predicted molar refractivity (Wildman–Crippen MR) is 40.0 cm³/mol. The van der Waals surface area contributed by atoms with Crippen LogP contribution in [0.15, 0.2) is 24.5 Å². The summed E-state index contributed by atoms with van der Waals surface area (Å²) < 4.78 is 5.94. The van der Waals surface area contributed by atoms with Gasteiger partial charge in [0.15, 0.2) is 6.61 Å². The van der Waals surface area contributed by atoms with Gasteiger partial charge in [-0.15, -0.1) is 6.42 Å². The highest BCUT2D eigenvalue weighted by Crippen LogP contribution is 1.91. The van der Waals surface area contributed by atoms with Crippen molar-refractivity contribution in [2.75, 3.05) is 6.61 Å². The molecule has 0 bridgehead atoms. The van der Waals surface area contributed by atoms with E-state index in [1.807, 2.05) is 0 Å². The number of aromatic nitrogens is 1. The van der Waals surface area contributed by atoms with Crippen LogP contribution in [-0.4, -0.2) is 17.3 Å². The van der Waals surface area contributed by atoms with E-state index in [9.17, 15) is 4.79 Å². The third kappa shape index (κ3) is 1.87. The van der Waals surface area contributed by atoms with Crippen LogP contribution in [0.1, 0.15) is 0 Å². The molecule has 0 N–H and O–H groups in total. The van der Waals surface area contributed by atoms with Gasteiger partial charge in [0.2, 0.25) is 0 Å². The Kier molecular flexibility index (Phi) is 2.34. The number of nitrogens with zero attached hydrogens (tertiary/aromatic N) is 1. The largest absolute Gasteiger partial charge is 0.436 e. The summed E-state index contributed by atoms with van der Waals surface area (Å²) in [6.45, 7) is 0.0109. The molecule has 56 valence electrons. The molecule has 0 saturated heterocycles. The van der Waals surface area contributed by atoms with Crippen molar-refractivity contribution in [1.29, 1.82) is 0 Å². The highest BCUT2D eigenvalue weighted by atomic mass is 16.5. The minimum absolute atomic E-state index is 0.0109. The highest BCUT2D eigenvalue weighted by molar-refractivity contribution is 5.70. The van der Waals surface area contributed by atoms with Gasteiger partial charge in [-0.3, -0.25) is 4.57 Å². The highest BCUT2D eigenvalue weighted by Gasteiger charge is 2.00. The number of hydrogen-bond acceptors (Lipinski definition) is 2. The number of hydrogen-bond donors (Lipinski definition) is 0. The lowest BCUT2D eigenvalue weighted by atomic mass is 10.7. The van der Waals surface area contributed by atoms with E-state index in [2.05, 4.69) is 10.7 Å². The number of carbonyl (C=O) groups excluding carboxylic acids is 1. The third-order valence-electron chi connectivity index (χ3n) is 1.09. The molecule has 0 aliphatic heterocycles. The van der Waals surface area contributed by atoms with Gasteiger partial charge in [-0.1, -0.05) is 5.92 Å². The van der Waals surface area contributed by atoms with E-state index >= 15 is 0 Å². The van der Waals surface area contributed by atoms with E-state index in [4.69, 9.17) is 6.42 Å². The Morgan fingerprint density at radius 2 is 2.18 bits per heavy atom. The lowest BCUT2D eigenvalue weighted by Crippen LogP contribution is -2.11. The Hall–Kier alpha value is -1.69. The van der Waals surface area contributed by atoms with Crippen LogP contribution in [0.3, 0.4) is 0 Å². The fraction of sp³-hybridized carbons (Fsp3) is 0.125. The molecule has 0 atom stereocenters. The fourth-order valence-electron chi connectivity index (χ4n) is 0.634. The Morgan fingerprint density at radius 3 is 2.73 bits per heavy atom. The maximum atomic E-state index is 10.9. The van der Waals surface area contributed by atoms with Crippen molar-refractivity contribution in [3.63, 3.8) is 0 Å². The van der Waals surface area contributed by atoms with E-state index in [-0.39, 0.29) is 6.61 Å². The minimum atomic E-state index is -0.451. The van der Waals surface area contributed by atoms with Crippen LogP contribution in [0.4, 0.5) is 4.79 Å². The molecule has 3 nitrogen and oxygen atoms in total. The average Bonchev–Trinajstić information content (AvgIpc) is 2.52. The van der Waals surface area contributed by atoms with E-state index in [0.717, 1.165) is 0 Å². The normalized spacial score (nSPS) is 8.64. The summed E-state index contributed by atoms with van der Waals surface area (Å²) in [5.41, 5.74) is 0. The average molecular weight is 149 g/mol. The zero-order valence-electron chi connectivity index (χ0n) is 5.86. The smallest absolute Gasteiger partial charge is 0.418 e. The summed E-state index contributed by atoms with van der Waals surface area (Å²) in [6.07, 6.45) is 7.63. The molecule has 0 unspecified atom stereocenters.